The highest BCUT2D eigenvalue weighted by Gasteiger charge is 2.22. The van der Waals surface area contributed by atoms with E-state index in [2.05, 4.69) is 3.74 Å². The third-order valence-corrected chi connectivity index (χ3v) is 3.58. The van der Waals surface area contributed by atoms with Gasteiger partial charge in [0.05, 0.1) is 10.2 Å². The molecule has 0 aromatic heterocycles. The molecule has 0 aromatic rings. The zero-order valence-electron chi connectivity index (χ0n) is 8.47. The van der Waals surface area contributed by atoms with Crippen molar-refractivity contribution in [3.63, 3.8) is 0 Å². The molecule has 1 aliphatic heterocycles. The standard InChI is InChI=1S/C8H9ClO6S/c1-6-3-8(14-7(2)10)5-16(4-6)15-9(11,12)13/h3-5H,1-2H3. The Labute approximate surface area is 96.6 Å². The van der Waals surface area contributed by atoms with E-state index < -0.39 is 27.0 Å². The minimum absolute atomic E-state index is 0.162. The van der Waals surface area contributed by atoms with Crippen LogP contribution >= 0.6 is 10.8 Å². The summed E-state index contributed by atoms with van der Waals surface area (Å²) in [5, 5.41) is 2.69. The first-order valence-corrected chi connectivity index (χ1v) is 6.53. The molecule has 0 saturated heterocycles. The number of rotatable bonds is 3. The van der Waals surface area contributed by atoms with Crippen molar-refractivity contribution in [1.82, 2.24) is 0 Å². The summed E-state index contributed by atoms with van der Waals surface area (Å²) < 4.78 is 40.1. The van der Waals surface area contributed by atoms with Gasteiger partial charge in [0.2, 0.25) is 0 Å². The van der Waals surface area contributed by atoms with Crippen molar-refractivity contribution in [3.05, 3.63) is 22.8 Å². The van der Waals surface area contributed by atoms with Crippen LogP contribution in [0.5, 0.6) is 0 Å². The number of carbonyl (C=O) groups excluding carboxylic acids is 1. The van der Waals surface area contributed by atoms with Crippen LogP contribution in [0, 0.1) is 10.2 Å². The molecule has 0 spiro atoms. The Hall–Kier alpha value is -0.700. The number of halogens is 1. The third-order valence-electron chi connectivity index (χ3n) is 1.32. The fourth-order valence-electron chi connectivity index (χ4n) is 0.969. The van der Waals surface area contributed by atoms with Crippen molar-refractivity contribution >= 4 is 22.1 Å². The molecule has 0 aromatic carbocycles. The average molecular weight is 269 g/mol. The molecule has 6 nitrogen and oxygen atoms in total. The van der Waals surface area contributed by atoms with E-state index >= 15 is 0 Å². The second-order valence-electron chi connectivity index (χ2n) is 2.89. The first-order valence-electron chi connectivity index (χ1n) is 4.02. The van der Waals surface area contributed by atoms with Gasteiger partial charge in [-0.15, -0.1) is 0 Å². The van der Waals surface area contributed by atoms with Crippen molar-refractivity contribution < 1.29 is 37.5 Å². The Bertz CT molecular complexity index is 392. The van der Waals surface area contributed by atoms with Crippen LogP contribution in [0.2, 0.25) is 0 Å². The van der Waals surface area contributed by atoms with Crippen LogP contribution in [-0.2, 0) is 13.3 Å². The van der Waals surface area contributed by atoms with Gasteiger partial charge in [-0.3, -0.25) is 4.79 Å². The Morgan fingerprint density at radius 1 is 1.44 bits per heavy atom. The minimum Gasteiger partial charge on any atom is -0.426 e. The zero-order valence-corrected chi connectivity index (χ0v) is 10.0. The Kier molecular flexibility index (Phi) is 4.25. The van der Waals surface area contributed by atoms with Crippen LogP contribution < -0.4 is 14.0 Å². The highest BCUT2D eigenvalue weighted by Crippen LogP contribution is 2.27. The highest BCUT2D eigenvalue weighted by atomic mass is 35.7. The molecule has 90 valence electrons. The molecule has 1 rings (SSSR count). The SMILES string of the molecule is CC(=O)OC1=CC(C)=CS(O[Cl+3]([O-])([O-])[O-])=C1. The molecule has 0 saturated carbocycles. The number of esters is 1. The van der Waals surface area contributed by atoms with Gasteiger partial charge in [-0.25, -0.2) is 0 Å². The molecule has 1 aliphatic rings. The largest absolute Gasteiger partial charge is 0.426 e. The lowest BCUT2D eigenvalue weighted by Gasteiger charge is -2.14. The Balaban J connectivity index is 2.84. The smallest absolute Gasteiger partial charge is 0.308 e. The van der Waals surface area contributed by atoms with E-state index in [-0.39, 0.29) is 5.76 Å². The molecule has 1 unspecified atom stereocenters. The molecule has 0 N–H and O–H groups in total. The third kappa shape index (κ3) is 4.88. The first-order chi connectivity index (χ1) is 7.26. The monoisotopic (exact) mass is 268 g/mol. The van der Waals surface area contributed by atoms with E-state index in [1.807, 2.05) is 0 Å². The van der Waals surface area contributed by atoms with Crippen LogP contribution in [0.4, 0.5) is 0 Å². The van der Waals surface area contributed by atoms with Crippen molar-refractivity contribution in [2.24, 2.45) is 0 Å². The van der Waals surface area contributed by atoms with Gasteiger partial charge >= 0.3 is 5.97 Å². The molecule has 1 heterocycles. The highest BCUT2D eigenvalue weighted by molar-refractivity contribution is 8.13. The Morgan fingerprint density at radius 2 is 2.06 bits per heavy atom. The van der Waals surface area contributed by atoms with E-state index in [1.54, 1.807) is 6.92 Å². The van der Waals surface area contributed by atoms with E-state index in [1.165, 1.54) is 23.8 Å². The summed E-state index contributed by atoms with van der Waals surface area (Å²) in [6.45, 7) is 2.87. The number of hydrogen-bond acceptors (Lipinski definition) is 6. The maximum atomic E-state index is 10.7. The van der Waals surface area contributed by atoms with Crippen molar-refractivity contribution in [2.75, 3.05) is 0 Å². The van der Waals surface area contributed by atoms with E-state index in [9.17, 15) is 18.8 Å². The van der Waals surface area contributed by atoms with Crippen molar-refractivity contribution in [3.8, 4) is 0 Å². The molecule has 8 heteroatoms. The number of allylic oxidation sites excluding steroid dienone is 3. The minimum atomic E-state index is -4.51. The number of hydrogen-bond donors (Lipinski definition) is 0. The van der Waals surface area contributed by atoms with Crippen LogP contribution in [0.15, 0.2) is 22.8 Å². The fourth-order valence-corrected chi connectivity index (χ4v) is 2.82. The van der Waals surface area contributed by atoms with Gasteiger partial charge in [-0.2, -0.15) is 14.0 Å². The summed E-state index contributed by atoms with van der Waals surface area (Å²) in [5.74, 6) is -0.377. The average Bonchev–Trinajstić information content (AvgIpc) is 1.96. The van der Waals surface area contributed by atoms with Crippen LogP contribution in [-0.4, -0.2) is 11.3 Å². The molecule has 0 bridgehead atoms. The first kappa shape index (κ1) is 13.4. The summed E-state index contributed by atoms with van der Waals surface area (Å²) in [5.41, 5.74) is 0.640. The Morgan fingerprint density at radius 3 is 2.56 bits per heavy atom. The lowest BCUT2D eigenvalue weighted by molar-refractivity contribution is -1.91. The summed E-state index contributed by atoms with van der Waals surface area (Å²) in [6.07, 6.45) is 1.53. The van der Waals surface area contributed by atoms with Crippen LogP contribution in [0.25, 0.3) is 0 Å². The topological polar surface area (TPSA) is 105 Å². The summed E-state index contributed by atoms with van der Waals surface area (Å²) in [7, 11) is -5.84. The van der Waals surface area contributed by atoms with Crippen LogP contribution in [0.1, 0.15) is 13.8 Å². The molecule has 1 atom stereocenters. The normalized spacial score (nSPS) is 20.7. The lowest BCUT2D eigenvalue weighted by atomic mass is 10.3. The molecular formula is C8H9ClO6S. The van der Waals surface area contributed by atoms with Crippen LogP contribution in [0.3, 0.4) is 0 Å². The zero-order chi connectivity index (χ0) is 12.3. The summed E-state index contributed by atoms with van der Waals surface area (Å²) in [6, 6.07) is 0. The quantitative estimate of drug-likeness (QED) is 0.444. The van der Waals surface area contributed by atoms with Crippen molar-refractivity contribution in [1.29, 1.82) is 0 Å². The number of ether oxygens (including phenoxy) is 1. The van der Waals surface area contributed by atoms with Gasteiger partial charge in [-0.1, -0.05) is 0 Å². The second-order valence-corrected chi connectivity index (χ2v) is 5.28. The maximum absolute atomic E-state index is 10.7. The van der Waals surface area contributed by atoms with Gasteiger partial charge in [0.25, 0.3) is 0 Å². The molecule has 0 amide bonds. The van der Waals surface area contributed by atoms with Gasteiger partial charge < -0.3 is 4.74 Å². The summed E-state index contributed by atoms with van der Waals surface area (Å²) in [4.78, 5) is 10.7. The molecular weight excluding hydrogens is 260 g/mol. The van der Waals surface area contributed by atoms with Crippen molar-refractivity contribution in [2.45, 2.75) is 13.8 Å². The van der Waals surface area contributed by atoms with Gasteiger partial charge in [0.1, 0.15) is 20.3 Å². The molecule has 0 radical (unpaired) electrons. The predicted octanol–water partition coefficient (Wildman–Crippen LogP) is -1.75. The van der Waals surface area contributed by atoms with Gasteiger partial charge in [-0.05, 0) is 18.6 Å². The molecule has 0 aliphatic carbocycles. The fraction of sp³-hybridized carbons (Fsp3) is 0.250. The molecule has 0 fully saturated rings. The van der Waals surface area contributed by atoms with Gasteiger partial charge in [0.15, 0.2) is 0 Å². The van der Waals surface area contributed by atoms with Gasteiger partial charge in [0, 0.05) is 17.7 Å². The van der Waals surface area contributed by atoms with E-state index in [0.717, 1.165) is 0 Å². The predicted molar refractivity (Wildman–Crippen MR) is 48.3 cm³/mol. The van der Waals surface area contributed by atoms with E-state index in [4.69, 9.17) is 4.74 Å². The number of carbonyl (C=O) groups is 1. The summed E-state index contributed by atoms with van der Waals surface area (Å²) >= 11 is 0. The maximum Gasteiger partial charge on any atom is 0.308 e. The van der Waals surface area contributed by atoms with E-state index in [0.29, 0.717) is 5.57 Å². The second kappa shape index (κ2) is 5.09. The molecule has 16 heavy (non-hydrogen) atoms. The lowest BCUT2D eigenvalue weighted by Crippen LogP contribution is -2.60.